The molecule has 1 aliphatic heterocycles. The van der Waals surface area contributed by atoms with Gasteiger partial charge >= 0.3 is 0 Å². The summed E-state index contributed by atoms with van der Waals surface area (Å²) < 4.78 is 51.0. The van der Waals surface area contributed by atoms with E-state index in [-0.39, 0.29) is 16.5 Å². The van der Waals surface area contributed by atoms with Crippen LogP contribution in [0.15, 0.2) is 41.3 Å². The zero-order valence-corrected chi connectivity index (χ0v) is 18.1. The summed E-state index contributed by atoms with van der Waals surface area (Å²) in [5.41, 5.74) is 0.304. The number of carbonyl (C=O) groups is 1. The minimum absolute atomic E-state index is 0.0614. The standard InChI is InChI=1S/C20H22ClFN2O5S/c1-28-18-12-19(29-2)16(11-15(18)21)23-20(25)17-5-3-4-10-24(17)30(26,27)14-8-6-13(22)7-9-14/h6-9,11-12,17H,3-5,10H2,1-2H3,(H,23,25). The maximum atomic E-state index is 13.2. The van der Waals surface area contributed by atoms with Crippen molar-refractivity contribution in [2.75, 3.05) is 26.1 Å². The molecule has 1 heterocycles. The molecule has 3 rings (SSSR count). The maximum absolute atomic E-state index is 13.2. The SMILES string of the molecule is COc1cc(OC)c(NC(=O)C2CCCCN2S(=O)(=O)c2ccc(F)cc2)cc1Cl. The Morgan fingerprint density at radius 2 is 1.80 bits per heavy atom. The first-order valence-corrected chi connectivity index (χ1v) is 11.1. The molecule has 1 atom stereocenters. The predicted octanol–water partition coefficient (Wildman–Crippen LogP) is 3.68. The first-order chi connectivity index (χ1) is 14.3. The fraction of sp³-hybridized carbons (Fsp3) is 0.350. The highest BCUT2D eigenvalue weighted by molar-refractivity contribution is 7.89. The van der Waals surface area contributed by atoms with E-state index in [9.17, 15) is 17.6 Å². The number of amides is 1. The van der Waals surface area contributed by atoms with Crippen molar-refractivity contribution >= 4 is 33.2 Å². The molecular weight excluding hydrogens is 435 g/mol. The number of ether oxygens (including phenoxy) is 2. The Balaban J connectivity index is 1.89. The van der Waals surface area contributed by atoms with Gasteiger partial charge in [-0.05, 0) is 43.2 Å². The highest BCUT2D eigenvalue weighted by Gasteiger charge is 2.38. The van der Waals surface area contributed by atoms with E-state index >= 15 is 0 Å². The van der Waals surface area contributed by atoms with Gasteiger partial charge in [-0.1, -0.05) is 18.0 Å². The molecule has 0 aromatic heterocycles. The second kappa shape index (κ2) is 9.20. The summed E-state index contributed by atoms with van der Waals surface area (Å²) in [5, 5.41) is 2.99. The van der Waals surface area contributed by atoms with Gasteiger partial charge in [0.15, 0.2) is 0 Å². The largest absolute Gasteiger partial charge is 0.495 e. The van der Waals surface area contributed by atoms with Gasteiger partial charge in [0.05, 0.1) is 29.8 Å². The number of benzene rings is 2. The number of anilines is 1. The third-order valence-corrected chi connectivity index (χ3v) is 7.13. The van der Waals surface area contributed by atoms with Gasteiger partial charge in [0.1, 0.15) is 23.4 Å². The van der Waals surface area contributed by atoms with Crippen molar-refractivity contribution in [3.8, 4) is 11.5 Å². The van der Waals surface area contributed by atoms with E-state index in [2.05, 4.69) is 5.32 Å². The molecule has 1 unspecified atom stereocenters. The van der Waals surface area contributed by atoms with E-state index in [0.29, 0.717) is 36.4 Å². The molecule has 2 aromatic carbocycles. The first kappa shape index (κ1) is 22.3. The van der Waals surface area contributed by atoms with E-state index < -0.39 is 27.8 Å². The van der Waals surface area contributed by atoms with E-state index in [4.69, 9.17) is 21.1 Å². The number of rotatable bonds is 6. The van der Waals surface area contributed by atoms with Gasteiger partial charge in [-0.25, -0.2) is 12.8 Å². The lowest BCUT2D eigenvalue weighted by molar-refractivity contribution is -0.120. The van der Waals surface area contributed by atoms with Crippen LogP contribution in [-0.2, 0) is 14.8 Å². The molecule has 1 saturated heterocycles. The van der Waals surface area contributed by atoms with Crippen molar-refractivity contribution in [2.24, 2.45) is 0 Å². The molecule has 1 aliphatic rings. The summed E-state index contributed by atoms with van der Waals surface area (Å²) in [4.78, 5) is 13.0. The van der Waals surface area contributed by atoms with Crippen molar-refractivity contribution in [1.82, 2.24) is 4.31 Å². The van der Waals surface area contributed by atoms with Crippen LogP contribution in [-0.4, -0.2) is 45.4 Å². The van der Waals surface area contributed by atoms with Gasteiger partial charge in [0, 0.05) is 12.6 Å². The van der Waals surface area contributed by atoms with Crippen molar-refractivity contribution in [3.05, 3.63) is 47.2 Å². The van der Waals surface area contributed by atoms with Crippen LogP contribution in [0.4, 0.5) is 10.1 Å². The zero-order valence-electron chi connectivity index (χ0n) is 16.5. The van der Waals surface area contributed by atoms with E-state index in [1.165, 1.54) is 38.5 Å². The minimum Gasteiger partial charge on any atom is -0.495 e. The summed E-state index contributed by atoms with van der Waals surface area (Å²) >= 11 is 6.15. The Kier molecular flexibility index (Phi) is 6.84. The minimum atomic E-state index is -3.97. The molecule has 1 N–H and O–H groups in total. The van der Waals surface area contributed by atoms with Crippen LogP contribution in [0.25, 0.3) is 0 Å². The van der Waals surface area contributed by atoms with Crippen molar-refractivity contribution < 1.29 is 27.1 Å². The third kappa shape index (κ3) is 4.53. The van der Waals surface area contributed by atoms with Crippen LogP contribution in [0.5, 0.6) is 11.5 Å². The molecule has 10 heteroatoms. The van der Waals surface area contributed by atoms with Crippen molar-refractivity contribution in [2.45, 2.75) is 30.2 Å². The quantitative estimate of drug-likeness (QED) is 0.716. The number of hydrogen-bond acceptors (Lipinski definition) is 5. The topological polar surface area (TPSA) is 84.9 Å². The monoisotopic (exact) mass is 456 g/mol. The molecule has 0 spiro atoms. The van der Waals surface area contributed by atoms with Crippen molar-refractivity contribution in [1.29, 1.82) is 0 Å². The van der Waals surface area contributed by atoms with Crippen LogP contribution in [0.2, 0.25) is 5.02 Å². The fourth-order valence-electron chi connectivity index (χ4n) is 3.37. The highest BCUT2D eigenvalue weighted by atomic mass is 35.5. The Hall–Kier alpha value is -2.36. The van der Waals surface area contributed by atoms with Gasteiger partial charge < -0.3 is 14.8 Å². The number of sulfonamides is 1. The molecular formula is C20H22ClFN2O5S. The molecule has 0 bridgehead atoms. The number of hydrogen-bond donors (Lipinski definition) is 1. The summed E-state index contributed by atoms with van der Waals surface area (Å²) in [5.74, 6) is -0.330. The Labute approximate surface area is 179 Å². The molecule has 30 heavy (non-hydrogen) atoms. The second-order valence-electron chi connectivity index (χ2n) is 6.76. The second-order valence-corrected chi connectivity index (χ2v) is 9.06. The molecule has 0 saturated carbocycles. The highest BCUT2D eigenvalue weighted by Crippen LogP contribution is 2.36. The average Bonchev–Trinajstić information content (AvgIpc) is 2.74. The number of nitrogens with zero attached hydrogens (tertiary/aromatic N) is 1. The number of methoxy groups -OCH3 is 2. The third-order valence-electron chi connectivity index (χ3n) is 4.91. The Morgan fingerprint density at radius 1 is 1.13 bits per heavy atom. The lowest BCUT2D eigenvalue weighted by Gasteiger charge is -2.33. The van der Waals surface area contributed by atoms with Crippen LogP contribution < -0.4 is 14.8 Å². The Morgan fingerprint density at radius 3 is 2.43 bits per heavy atom. The van der Waals surface area contributed by atoms with Crippen LogP contribution in [0, 0.1) is 5.82 Å². The van der Waals surface area contributed by atoms with Gasteiger partial charge in [-0.2, -0.15) is 4.31 Å². The van der Waals surface area contributed by atoms with Crippen LogP contribution in [0.1, 0.15) is 19.3 Å². The number of piperidine rings is 1. The molecule has 1 fully saturated rings. The molecule has 7 nitrogen and oxygen atoms in total. The number of carbonyl (C=O) groups excluding carboxylic acids is 1. The number of nitrogens with one attached hydrogen (secondary N) is 1. The van der Waals surface area contributed by atoms with Gasteiger partial charge in [-0.15, -0.1) is 0 Å². The zero-order chi connectivity index (χ0) is 21.9. The fourth-order valence-corrected chi connectivity index (χ4v) is 5.27. The van der Waals surface area contributed by atoms with Crippen LogP contribution >= 0.6 is 11.6 Å². The molecule has 2 aromatic rings. The summed E-state index contributed by atoms with van der Waals surface area (Å²) in [6, 6.07) is 6.65. The smallest absolute Gasteiger partial charge is 0.243 e. The lowest BCUT2D eigenvalue weighted by Crippen LogP contribution is -2.49. The molecule has 0 radical (unpaired) electrons. The van der Waals surface area contributed by atoms with Gasteiger partial charge in [0.25, 0.3) is 0 Å². The maximum Gasteiger partial charge on any atom is 0.243 e. The molecule has 1 amide bonds. The van der Waals surface area contributed by atoms with E-state index in [0.717, 1.165) is 16.4 Å². The Bertz CT molecular complexity index is 1030. The summed E-state index contributed by atoms with van der Waals surface area (Å²) in [6.07, 6.45) is 1.69. The van der Waals surface area contributed by atoms with Crippen molar-refractivity contribution in [3.63, 3.8) is 0 Å². The molecule has 162 valence electrons. The van der Waals surface area contributed by atoms with E-state index in [1.54, 1.807) is 0 Å². The summed E-state index contributed by atoms with van der Waals surface area (Å²) in [6.45, 7) is 0.193. The normalized spacial score (nSPS) is 17.4. The van der Waals surface area contributed by atoms with E-state index in [1.807, 2.05) is 0 Å². The van der Waals surface area contributed by atoms with Gasteiger partial charge in [0.2, 0.25) is 15.9 Å². The first-order valence-electron chi connectivity index (χ1n) is 9.27. The average molecular weight is 457 g/mol. The lowest BCUT2D eigenvalue weighted by atomic mass is 10.0. The van der Waals surface area contributed by atoms with Gasteiger partial charge in [-0.3, -0.25) is 4.79 Å². The predicted molar refractivity (Wildman–Crippen MR) is 111 cm³/mol. The summed E-state index contributed by atoms with van der Waals surface area (Å²) in [7, 11) is -1.08. The molecule has 0 aliphatic carbocycles. The van der Waals surface area contributed by atoms with Crippen LogP contribution in [0.3, 0.4) is 0 Å². The number of halogens is 2.